The Morgan fingerprint density at radius 1 is 1.40 bits per heavy atom. The molecule has 12 heteroatoms. The molecule has 7 nitrogen and oxygen atoms in total. The maximum absolute atomic E-state index is 12.9. The number of aromatic carboxylic acids is 1. The molecule has 30 heavy (non-hydrogen) atoms. The standard InChI is InChI=1S/C18H16F3N3O4S2/c1-2-30(27,28)13-5-10(17(9-22)3-4-17)7-23-15(13)24-8-12-11(16(25)26)6-14(29-12)18(19,20)21/h5-7H,2-4,8H2,1H3,(H,23,24)(H,25,26). The summed E-state index contributed by atoms with van der Waals surface area (Å²) in [5, 5.41) is 21.2. The van der Waals surface area contributed by atoms with Crippen LogP contribution in [-0.4, -0.2) is 30.2 Å². The van der Waals surface area contributed by atoms with Gasteiger partial charge in [0, 0.05) is 11.1 Å². The number of alkyl halides is 3. The minimum absolute atomic E-state index is 0.104. The molecule has 0 aromatic carbocycles. The van der Waals surface area contributed by atoms with E-state index in [1.807, 2.05) is 0 Å². The Morgan fingerprint density at radius 3 is 2.57 bits per heavy atom. The zero-order chi connectivity index (χ0) is 22.3. The molecule has 0 amide bonds. The van der Waals surface area contributed by atoms with Gasteiger partial charge in [-0.2, -0.15) is 18.4 Å². The molecule has 3 rings (SSSR count). The topological polar surface area (TPSA) is 120 Å². The molecule has 0 aliphatic heterocycles. The molecule has 1 aliphatic rings. The summed E-state index contributed by atoms with van der Waals surface area (Å²) in [5.74, 6) is -1.87. The number of nitrogens with zero attached hydrogens (tertiary/aromatic N) is 2. The van der Waals surface area contributed by atoms with Gasteiger partial charge in [-0.15, -0.1) is 11.3 Å². The molecule has 0 saturated heterocycles. The third-order valence-electron chi connectivity index (χ3n) is 4.82. The number of hydrogen-bond donors (Lipinski definition) is 2. The summed E-state index contributed by atoms with van der Waals surface area (Å²) >= 11 is 0.266. The highest BCUT2D eigenvalue weighted by atomic mass is 32.2. The van der Waals surface area contributed by atoms with E-state index in [1.54, 1.807) is 0 Å². The van der Waals surface area contributed by atoms with E-state index in [1.165, 1.54) is 19.2 Å². The summed E-state index contributed by atoms with van der Waals surface area (Å²) in [6.45, 7) is 1.07. The van der Waals surface area contributed by atoms with Crippen LogP contribution in [0.4, 0.5) is 19.0 Å². The van der Waals surface area contributed by atoms with Crippen LogP contribution >= 0.6 is 11.3 Å². The lowest BCUT2D eigenvalue weighted by Crippen LogP contribution is -2.14. The highest BCUT2D eigenvalue weighted by Crippen LogP contribution is 2.48. The Balaban J connectivity index is 1.97. The summed E-state index contributed by atoms with van der Waals surface area (Å²) in [6.07, 6.45) is -2.16. The molecule has 0 radical (unpaired) electrons. The molecule has 2 aromatic heterocycles. The molecule has 0 bridgehead atoms. The quantitative estimate of drug-likeness (QED) is 0.646. The maximum atomic E-state index is 12.9. The monoisotopic (exact) mass is 459 g/mol. The van der Waals surface area contributed by atoms with Crippen molar-refractivity contribution in [2.24, 2.45) is 0 Å². The number of aromatic nitrogens is 1. The number of sulfone groups is 1. The van der Waals surface area contributed by atoms with Gasteiger partial charge in [0.2, 0.25) is 0 Å². The van der Waals surface area contributed by atoms with Crippen LogP contribution in [0.1, 0.15) is 45.4 Å². The number of carboxylic acids is 1. The van der Waals surface area contributed by atoms with Crippen molar-refractivity contribution >= 4 is 33.0 Å². The van der Waals surface area contributed by atoms with Crippen LogP contribution in [0, 0.1) is 11.3 Å². The lowest BCUT2D eigenvalue weighted by Gasteiger charge is -2.14. The van der Waals surface area contributed by atoms with E-state index in [0.717, 1.165) is 0 Å². The van der Waals surface area contributed by atoms with Gasteiger partial charge in [-0.25, -0.2) is 18.2 Å². The molecule has 0 atom stereocenters. The largest absolute Gasteiger partial charge is 0.478 e. The van der Waals surface area contributed by atoms with Gasteiger partial charge in [0.1, 0.15) is 15.6 Å². The molecular weight excluding hydrogens is 443 g/mol. The minimum Gasteiger partial charge on any atom is -0.478 e. The summed E-state index contributed by atoms with van der Waals surface area (Å²) in [6, 6.07) is 4.06. The van der Waals surface area contributed by atoms with Crippen LogP contribution in [0.3, 0.4) is 0 Å². The molecule has 160 valence electrons. The van der Waals surface area contributed by atoms with E-state index in [-0.39, 0.29) is 39.2 Å². The minimum atomic E-state index is -4.69. The number of carbonyl (C=O) groups is 1. The summed E-state index contributed by atoms with van der Waals surface area (Å²) in [7, 11) is -3.77. The highest BCUT2D eigenvalue weighted by Gasteiger charge is 2.46. The normalized spacial score (nSPS) is 15.4. The van der Waals surface area contributed by atoms with Gasteiger partial charge in [0.15, 0.2) is 9.84 Å². The predicted octanol–water partition coefficient (Wildman–Crippen LogP) is 3.82. The van der Waals surface area contributed by atoms with Crippen molar-refractivity contribution in [1.82, 2.24) is 4.98 Å². The average Bonchev–Trinajstić information content (AvgIpc) is 3.36. The van der Waals surface area contributed by atoms with Crippen molar-refractivity contribution in [3.05, 3.63) is 39.2 Å². The predicted molar refractivity (Wildman–Crippen MR) is 102 cm³/mol. The Kier molecular flexibility index (Phi) is 5.55. The van der Waals surface area contributed by atoms with E-state index < -0.39 is 37.8 Å². The fraction of sp³-hybridized carbons (Fsp3) is 0.389. The summed E-state index contributed by atoms with van der Waals surface area (Å²) in [4.78, 5) is 14.0. The number of carboxylic acid groups (broad SMARTS) is 1. The second kappa shape index (κ2) is 7.55. The van der Waals surface area contributed by atoms with Gasteiger partial charge in [-0.1, -0.05) is 6.92 Å². The van der Waals surface area contributed by atoms with Crippen molar-refractivity contribution in [3.8, 4) is 6.07 Å². The Labute approximate surface area is 174 Å². The number of nitrogens with one attached hydrogen (secondary N) is 1. The third kappa shape index (κ3) is 4.13. The van der Waals surface area contributed by atoms with Gasteiger partial charge in [0.05, 0.1) is 29.3 Å². The van der Waals surface area contributed by atoms with Crippen LogP contribution < -0.4 is 5.32 Å². The van der Waals surface area contributed by atoms with E-state index in [0.29, 0.717) is 24.5 Å². The van der Waals surface area contributed by atoms with Gasteiger partial charge >= 0.3 is 12.1 Å². The van der Waals surface area contributed by atoms with Crippen molar-refractivity contribution < 1.29 is 31.5 Å². The first-order chi connectivity index (χ1) is 13.9. The number of thiophene rings is 1. The SMILES string of the molecule is CCS(=O)(=O)c1cc(C2(C#N)CC2)cnc1NCc1sc(C(F)(F)F)cc1C(=O)O. The second-order valence-electron chi connectivity index (χ2n) is 6.77. The first-order valence-electron chi connectivity index (χ1n) is 8.75. The van der Waals surface area contributed by atoms with Crippen molar-refractivity contribution in [2.45, 2.75) is 42.8 Å². The van der Waals surface area contributed by atoms with Gasteiger partial charge in [-0.3, -0.25) is 0 Å². The van der Waals surface area contributed by atoms with E-state index in [9.17, 15) is 36.8 Å². The van der Waals surface area contributed by atoms with Crippen molar-refractivity contribution in [3.63, 3.8) is 0 Å². The van der Waals surface area contributed by atoms with Crippen LogP contribution in [0.15, 0.2) is 23.2 Å². The second-order valence-corrected chi connectivity index (χ2v) is 10.2. The Bertz CT molecular complexity index is 1150. The molecule has 1 saturated carbocycles. The van der Waals surface area contributed by atoms with Crippen LogP contribution in [-0.2, 0) is 28.0 Å². The van der Waals surface area contributed by atoms with E-state index in [2.05, 4.69) is 16.4 Å². The lowest BCUT2D eigenvalue weighted by atomic mass is 10.00. The number of halogens is 3. The van der Waals surface area contributed by atoms with Crippen LogP contribution in [0.25, 0.3) is 0 Å². The zero-order valence-electron chi connectivity index (χ0n) is 15.6. The highest BCUT2D eigenvalue weighted by molar-refractivity contribution is 7.91. The van der Waals surface area contributed by atoms with Gasteiger partial charge in [0.25, 0.3) is 0 Å². The molecule has 0 unspecified atom stereocenters. The summed E-state index contributed by atoms with van der Waals surface area (Å²) in [5.41, 5.74) is -0.822. The first kappa shape index (κ1) is 22.0. The lowest BCUT2D eigenvalue weighted by molar-refractivity contribution is -0.134. The number of pyridine rings is 1. The Morgan fingerprint density at radius 2 is 2.07 bits per heavy atom. The molecule has 1 aliphatic carbocycles. The van der Waals surface area contributed by atoms with Crippen LogP contribution in [0.2, 0.25) is 0 Å². The number of nitriles is 1. The first-order valence-corrected chi connectivity index (χ1v) is 11.2. The Hall–Kier alpha value is -2.65. The maximum Gasteiger partial charge on any atom is 0.425 e. The molecule has 1 fully saturated rings. The smallest absolute Gasteiger partial charge is 0.425 e. The fourth-order valence-electron chi connectivity index (χ4n) is 2.87. The fourth-order valence-corrected chi connectivity index (χ4v) is 4.86. The van der Waals surface area contributed by atoms with Gasteiger partial charge in [-0.05, 0) is 30.5 Å². The van der Waals surface area contributed by atoms with Gasteiger partial charge < -0.3 is 10.4 Å². The number of rotatable bonds is 7. The number of hydrogen-bond acceptors (Lipinski definition) is 7. The van der Waals surface area contributed by atoms with E-state index in [4.69, 9.17) is 0 Å². The summed E-state index contributed by atoms with van der Waals surface area (Å²) < 4.78 is 63.9. The van der Waals surface area contributed by atoms with Crippen molar-refractivity contribution in [2.75, 3.05) is 11.1 Å². The third-order valence-corrected chi connectivity index (χ3v) is 7.74. The number of anilines is 1. The van der Waals surface area contributed by atoms with Crippen molar-refractivity contribution in [1.29, 1.82) is 5.26 Å². The molecule has 2 aromatic rings. The molecule has 2 heterocycles. The molecule has 0 spiro atoms. The zero-order valence-corrected chi connectivity index (χ0v) is 17.2. The molecule has 2 N–H and O–H groups in total. The average molecular weight is 459 g/mol. The molecular formula is C18H16F3N3O4S2. The van der Waals surface area contributed by atoms with Crippen LogP contribution in [0.5, 0.6) is 0 Å². The van der Waals surface area contributed by atoms with E-state index >= 15 is 0 Å².